The van der Waals surface area contributed by atoms with Crippen LogP contribution in [0.25, 0.3) is 0 Å². The monoisotopic (exact) mass is 305 g/mol. The number of nitrogens with zero attached hydrogens (tertiary/aromatic N) is 2. The first kappa shape index (κ1) is 14.7. The number of alkyl halides is 1. The van der Waals surface area contributed by atoms with Crippen LogP contribution in [0.2, 0.25) is 5.02 Å². The van der Waals surface area contributed by atoms with Gasteiger partial charge in [0.2, 0.25) is 5.85 Å². The predicted octanol–water partition coefficient (Wildman–Crippen LogP) is -1.19. The number of ether oxygens (including phenoxy) is 1. The lowest BCUT2D eigenvalue weighted by atomic mass is 10.1. The van der Waals surface area contributed by atoms with Gasteiger partial charge >= 0.3 is 5.69 Å². The quantitative estimate of drug-likeness (QED) is 0.630. The number of aliphatic hydroxyl groups is 2. The first-order valence-corrected chi connectivity index (χ1v) is 5.77. The van der Waals surface area contributed by atoms with Gasteiger partial charge in [0.15, 0.2) is 0 Å². The molecule has 3 N–H and O–H groups in total. The van der Waals surface area contributed by atoms with Crippen LogP contribution in [0.1, 0.15) is 6.42 Å². The van der Waals surface area contributed by atoms with E-state index < -0.39 is 47.0 Å². The van der Waals surface area contributed by atoms with Crippen LogP contribution >= 0.6 is 11.6 Å². The van der Waals surface area contributed by atoms with E-state index in [0.717, 1.165) is 6.20 Å². The van der Waals surface area contributed by atoms with E-state index in [1.54, 1.807) is 4.98 Å². The molecular weight excluding hydrogens is 297 g/mol. The zero-order valence-electron chi connectivity index (χ0n) is 9.84. The van der Waals surface area contributed by atoms with Crippen molar-refractivity contribution in [2.45, 2.75) is 24.1 Å². The summed E-state index contributed by atoms with van der Waals surface area (Å²) in [5.41, 5.74) is -4.44. The van der Waals surface area contributed by atoms with Gasteiger partial charge in [0.05, 0.1) is 0 Å². The van der Waals surface area contributed by atoms with Crippen molar-refractivity contribution in [2.24, 2.45) is 0 Å². The van der Waals surface area contributed by atoms with Crippen molar-refractivity contribution in [3.63, 3.8) is 0 Å². The molecule has 0 aromatic carbocycles. The van der Waals surface area contributed by atoms with Crippen LogP contribution in [0.4, 0.5) is 4.39 Å². The predicted molar refractivity (Wildman–Crippen MR) is 62.6 cm³/mol. The highest BCUT2D eigenvalue weighted by Crippen LogP contribution is 2.41. The number of rotatable bonds is 2. The van der Waals surface area contributed by atoms with Gasteiger partial charge in [-0.1, -0.05) is 11.6 Å². The van der Waals surface area contributed by atoms with E-state index in [1.165, 1.54) is 6.07 Å². The second-order valence-electron chi connectivity index (χ2n) is 4.28. The van der Waals surface area contributed by atoms with Gasteiger partial charge in [0.1, 0.15) is 23.8 Å². The molecule has 0 saturated carbocycles. The number of aromatic nitrogens is 2. The zero-order chi connectivity index (χ0) is 15.1. The van der Waals surface area contributed by atoms with Crippen molar-refractivity contribution in [1.29, 1.82) is 5.26 Å². The average molecular weight is 306 g/mol. The number of hydrogen-bond acceptors (Lipinski definition) is 6. The minimum atomic E-state index is -2.68. The molecule has 1 aromatic heterocycles. The molecule has 1 aliphatic heterocycles. The van der Waals surface area contributed by atoms with E-state index in [4.69, 9.17) is 21.4 Å². The fraction of sp³-hybridized carbons (Fsp3) is 0.500. The molecule has 10 heteroatoms. The number of aromatic amines is 1. The van der Waals surface area contributed by atoms with Crippen molar-refractivity contribution in [1.82, 2.24) is 9.55 Å². The van der Waals surface area contributed by atoms with Crippen LogP contribution in [0, 0.1) is 11.3 Å². The molecule has 20 heavy (non-hydrogen) atoms. The summed E-state index contributed by atoms with van der Waals surface area (Å²) in [6.07, 6.45) is -1.71. The van der Waals surface area contributed by atoms with Gasteiger partial charge in [-0.15, -0.1) is 0 Å². The Kier molecular flexibility index (Phi) is 3.43. The molecule has 108 valence electrons. The Bertz CT molecular complexity index is 697. The molecule has 0 unspecified atom stereocenters. The molecule has 1 aliphatic rings. The van der Waals surface area contributed by atoms with Crippen molar-refractivity contribution < 1.29 is 19.3 Å². The van der Waals surface area contributed by atoms with Crippen molar-refractivity contribution in [3.8, 4) is 6.07 Å². The van der Waals surface area contributed by atoms with Crippen LogP contribution in [0.15, 0.2) is 15.8 Å². The Labute approximate surface area is 115 Å². The molecule has 1 aromatic rings. The maximum atomic E-state index is 14.0. The third kappa shape index (κ3) is 2.03. The number of nitriles is 1. The number of nitrogens with one attached hydrogen (secondary N) is 1. The van der Waals surface area contributed by atoms with Crippen molar-refractivity contribution in [3.05, 3.63) is 32.1 Å². The Morgan fingerprint density at radius 2 is 2.35 bits per heavy atom. The Morgan fingerprint density at radius 1 is 1.70 bits per heavy atom. The summed E-state index contributed by atoms with van der Waals surface area (Å²) < 4.78 is 19.2. The average Bonchev–Trinajstić information content (AvgIpc) is 2.67. The third-order valence-corrected chi connectivity index (χ3v) is 3.21. The lowest BCUT2D eigenvalue weighted by molar-refractivity contribution is -0.211. The lowest BCUT2D eigenvalue weighted by Gasteiger charge is -2.27. The first-order valence-electron chi connectivity index (χ1n) is 5.39. The molecular formula is C10H9ClFN3O5. The van der Waals surface area contributed by atoms with Gasteiger partial charge in [-0.2, -0.15) is 5.26 Å². The molecule has 0 radical (unpaired) electrons. The summed E-state index contributed by atoms with van der Waals surface area (Å²) in [7, 11) is 0. The van der Waals surface area contributed by atoms with E-state index in [0.29, 0.717) is 4.57 Å². The first-order chi connectivity index (χ1) is 9.28. The molecule has 2 heterocycles. The smallest absolute Gasteiger partial charge is 0.331 e. The number of halogens is 2. The number of hydrogen-bond donors (Lipinski definition) is 3. The maximum absolute atomic E-state index is 14.0. The highest BCUT2D eigenvalue weighted by Gasteiger charge is 2.59. The van der Waals surface area contributed by atoms with Crippen LogP contribution in [-0.4, -0.2) is 38.3 Å². The molecule has 2 rings (SSSR count). The largest absolute Gasteiger partial charge is 0.390 e. The van der Waals surface area contributed by atoms with Crippen LogP contribution in [0.3, 0.4) is 0 Å². The Balaban J connectivity index is 2.65. The van der Waals surface area contributed by atoms with Gasteiger partial charge in [0, 0.05) is 12.6 Å². The molecule has 0 aliphatic carbocycles. The normalized spacial score (nSPS) is 33.0. The van der Waals surface area contributed by atoms with Gasteiger partial charge in [-0.05, 0) is 0 Å². The number of aliphatic hydroxyl groups excluding tert-OH is 2. The highest BCUT2D eigenvalue weighted by molar-refractivity contribution is 6.30. The van der Waals surface area contributed by atoms with Crippen LogP contribution in [0.5, 0.6) is 0 Å². The Hall–Kier alpha value is -1.73. The molecule has 0 bridgehead atoms. The van der Waals surface area contributed by atoms with Gasteiger partial charge in [-0.25, -0.2) is 9.18 Å². The van der Waals surface area contributed by atoms with E-state index >= 15 is 0 Å². The van der Waals surface area contributed by atoms with Crippen LogP contribution < -0.4 is 11.2 Å². The molecule has 3 atom stereocenters. The summed E-state index contributed by atoms with van der Waals surface area (Å²) >= 11 is 5.54. The summed E-state index contributed by atoms with van der Waals surface area (Å²) in [5.74, 6) is -2.68. The molecule has 1 saturated heterocycles. The van der Waals surface area contributed by atoms with Gasteiger partial charge in [0.25, 0.3) is 11.3 Å². The maximum Gasteiger partial charge on any atom is 0.331 e. The van der Waals surface area contributed by atoms with Crippen LogP contribution in [-0.2, 0) is 10.5 Å². The minimum absolute atomic E-state index is 0.449. The topological polar surface area (TPSA) is 128 Å². The second-order valence-corrected chi connectivity index (χ2v) is 4.68. The Morgan fingerprint density at radius 3 is 2.85 bits per heavy atom. The summed E-state index contributed by atoms with van der Waals surface area (Å²) in [6, 6.07) is 1.48. The minimum Gasteiger partial charge on any atom is -0.390 e. The fourth-order valence-electron chi connectivity index (χ4n) is 1.97. The van der Waals surface area contributed by atoms with Gasteiger partial charge < -0.3 is 14.9 Å². The summed E-state index contributed by atoms with van der Waals surface area (Å²) in [5, 5.41) is 27.5. The molecule has 0 amide bonds. The third-order valence-electron chi connectivity index (χ3n) is 2.94. The van der Waals surface area contributed by atoms with Crippen molar-refractivity contribution >= 4 is 11.6 Å². The SMILES string of the molecule is N#C[C@@]1(n2cc(Cl)c(=O)[nH]c2=O)O[C@](F)(CO)C[C@H]1O. The van der Waals surface area contributed by atoms with E-state index in [-0.39, 0.29) is 0 Å². The number of H-pyrrole nitrogens is 1. The van der Waals surface area contributed by atoms with Crippen molar-refractivity contribution in [2.75, 3.05) is 6.61 Å². The van der Waals surface area contributed by atoms with E-state index in [9.17, 15) is 24.3 Å². The van der Waals surface area contributed by atoms with E-state index in [2.05, 4.69) is 0 Å². The van der Waals surface area contributed by atoms with E-state index in [1.807, 2.05) is 0 Å². The summed E-state index contributed by atoms with van der Waals surface area (Å²) in [4.78, 5) is 24.7. The standard InChI is InChI=1S/C10H9ClFN3O5/c11-5-2-15(8(19)14-7(5)18)10(3-13)6(17)1-9(12,4-16)20-10/h2,6,16-17H,1,4H2,(H,14,18,19)/t6-,9+,10-/m1/s1. The summed E-state index contributed by atoms with van der Waals surface area (Å²) in [6.45, 7) is -1.11. The lowest BCUT2D eigenvalue weighted by Crippen LogP contribution is -2.49. The zero-order valence-corrected chi connectivity index (χ0v) is 10.6. The molecule has 8 nitrogen and oxygen atoms in total. The fourth-order valence-corrected chi connectivity index (χ4v) is 2.11. The molecule has 0 spiro atoms. The highest BCUT2D eigenvalue weighted by atomic mass is 35.5. The second kappa shape index (κ2) is 4.68. The van der Waals surface area contributed by atoms with Gasteiger partial charge in [-0.3, -0.25) is 14.3 Å². The molecule has 1 fully saturated rings.